The van der Waals surface area contributed by atoms with Gasteiger partial charge in [0.05, 0.1) is 5.56 Å². The third-order valence-electron chi connectivity index (χ3n) is 4.09. The summed E-state index contributed by atoms with van der Waals surface area (Å²) in [5.41, 5.74) is 1.61. The number of carbonyl (C=O) groups excluding carboxylic acids is 1. The number of H-pyrrole nitrogens is 1. The summed E-state index contributed by atoms with van der Waals surface area (Å²) in [5, 5.41) is 4.09. The lowest BCUT2D eigenvalue weighted by Gasteiger charge is -2.29. The van der Waals surface area contributed by atoms with Crippen molar-refractivity contribution < 1.29 is 9.53 Å². The van der Waals surface area contributed by atoms with Gasteiger partial charge in [-0.2, -0.15) is 9.50 Å². The Balaban J connectivity index is 1.92. The first kappa shape index (κ1) is 18.6. The third kappa shape index (κ3) is 3.67. The largest absolute Gasteiger partial charge is 0.444 e. The first-order chi connectivity index (χ1) is 12.2. The molecule has 0 unspecified atom stereocenters. The second-order valence-electron chi connectivity index (χ2n) is 7.16. The minimum Gasteiger partial charge on any atom is -0.444 e. The molecule has 1 N–H and O–H groups in total. The van der Waals surface area contributed by atoms with E-state index >= 15 is 0 Å². The van der Waals surface area contributed by atoms with E-state index in [2.05, 4.69) is 31.0 Å². The summed E-state index contributed by atoms with van der Waals surface area (Å²) in [4.78, 5) is 34.1. The number of fused-ring (bicyclic) bond motifs is 1. The van der Waals surface area contributed by atoms with Gasteiger partial charge in [-0.15, -0.1) is 5.10 Å². The van der Waals surface area contributed by atoms with E-state index in [1.807, 2.05) is 33.8 Å². The first-order valence-electron chi connectivity index (χ1n) is 8.54. The molecule has 9 heteroatoms. The molecule has 1 amide bonds. The number of nitrogens with zero attached hydrogens (tertiary/aromatic N) is 4. The molecule has 1 aliphatic heterocycles. The molecule has 0 atom stereocenters. The SMILES string of the molecule is CCc1[nH]c2nc(Br)nn2c(=O)c1C1=CCN(C(=O)OC(C)(C)C)CC1. The standard InChI is InChI=1S/C17H22BrN5O3/c1-5-11-12(13(24)23-15(19-11)20-14(18)21-23)10-6-8-22(9-7-10)16(25)26-17(2,3)4/h6H,5,7-9H2,1-4H3,(H,19,20,21). The van der Waals surface area contributed by atoms with Crippen LogP contribution in [-0.4, -0.2) is 49.3 Å². The fourth-order valence-corrected chi connectivity index (χ4v) is 3.25. The van der Waals surface area contributed by atoms with Crippen molar-refractivity contribution in [1.29, 1.82) is 0 Å². The number of rotatable bonds is 2. The van der Waals surface area contributed by atoms with Crippen molar-refractivity contribution in [2.24, 2.45) is 0 Å². The van der Waals surface area contributed by atoms with E-state index in [1.54, 1.807) is 4.90 Å². The summed E-state index contributed by atoms with van der Waals surface area (Å²) >= 11 is 3.20. The van der Waals surface area contributed by atoms with Crippen LogP contribution in [0.4, 0.5) is 4.79 Å². The molecular formula is C17H22BrN5O3. The maximum absolute atomic E-state index is 12.9. The maximum Gasteiger partial charge on any atom is 0.410 e. The molecule has 1 aliphatic rings. The third-order valence-corrected chi connectivity index (χ3v) is 4.42. The molecule has 140 valence electrons. The summed E-state index contributed by atoms with van der Waals surface area (Å²) in [6.45, 7) is 8.42. The number of ether oxygens (including phenoxy) is 1. The van der Waals surface area contributed by atoms with Crippen LogP contribution >= 0.6 is 15.9 Å². The highest BCUT2D eigenvalue weighted by molar-refractivity contribution is 9.10. The number of nitrogens with one attached hydrogen (secondary N) is 1. The minimum atomic E-state index is -0.529. The number of aryl methyl sites for hydroxylation is 1. The zero-order chi connectivity index (χ0) is 19.1. The summed E-state index contributed by atoms with van der Waals surface area (Å²) in [5.74, 6) is 0.411. The maximum atomic E-state index is 12.9. The summed E-state index contributed by atoms with van der Waals surface area (Å²) in [7, 11) is 0. The zero-order valence-electron chi connectivity index (χ0n) is 15.3. The predicted molar refractivity (Wildman–Crippen MR) is 101 cm³/mol. The Labute approximate surface area is 159 Å². The van der Waals surface area contributed by atoms with Gasteiger partial charge in [-0.1, -0.05) is 13.0 Å². The molecule has 0 saturated heterocycles. The molecule has 0 spiro atoms. The number of aromatic amines is 1. The molecule has 0 aromatic carbocycles. The lowest BCUT2D eigenvalue weighted by atomic mass is 9.98. The summed E-state index contributed by atoms with van der Waals surface area (Å²) in [6, 6.07) is 0. The molecule has 0 bridgehead atoms. The van der Waals surface area contributed by atoms with Crippen molar-refractivity contribution in [3.63, 3.8) is 0 Å². The van der Waals surface area contributed by atoms with Gasteiger partial charge in [-0.3, -0.25) is 4.79 Å². The van der Waals surface area contributed by atoms with Gasteiger partial charge < -0.3 is 14.6 Å². The highest BCUT2D eigenvalue weighted by Gasteiger charge is 2.26. The van der Waals surface area contributed by atoms with Crippen molar-refractivity contribution in [3.8, 4) is 0 Å². The van der Waals surface area contributed by atoms with Crippen LogP contribution in [0.15, 0.2) is 15.6 Å². The second kappa shape index (κ2) is 6.86. The Hall–Kier alpha value is -2.16. The van der Waals surface area contributed by atoms with Gasteiger partial charge in [0, 0.05) is 18.8 Å². The second-order valence-corrected chi connectivity index (χ2v) is 7.87. The smallest absolute Gasteiger partial charge is 0.410 e. The fourth-order valence-electron chi connectivity index (χ4n) is 2.93. The number of hydrogen-bond acceptors (Lipinski definition) is 5. The average molecular weight is 424 g/mol. The molecule has 3 heterocycles. The van der Waals surface area contributed by atoms with Crippen LogP contribution in [0, 0.1) is 0 Å². The van der Waals surface area contributed by atoms with Gasteiger partial charge in [0.2, 0.25) is 10.5 Å². The number of aromatic nitrogens is 4. The van der Waals surface area contributed by atoms with Crippen molar-refractivity contribution in [3.05, 3.63) is 32.4 Å². The van der Waals surface area contributed by atoms with E-state index in [0.29, 0.717) is 42.0 Å². The first-order valence-corrected chi connectivity index (χ1v) is 9.33. The van der Waals surface area contributed by atoms with Gasteiger partial charge in [-0.05, 0) is 55.1 Å². The molecule has 0 saturated carbocycles. The number of hydrogen-bond donors (Lipinski definition) is 1. The average Bonchev–Trinajstić information content (AvgIpc) is 2.94. The van der Waals surface area contributed by atoms with E-state index in [4.69, 9.17) is 4.74 Å². The topological polar surface area (TPSA) is 92.6 Å². The molecule has 3 rings (SSSR count). The van der Waals surface area contributed by atoms with E-state index in [1.165, 1.54) is 4.52 Å². The molecule has 0 fully saturated rings. The Bertz CT molecular complexity index is 938. The molecule has 0 aliphatic carbocycles. The van der Waals surface area contributed by atoms with E-state index in [9.17, 15) is 9.59 Å². The van der Waals surface area contributed by atoms with Gasteiger partial charge in [0.15, 0.2) is 0 Å². The van der Waals surface area contributed by atoms with E-state index in [0.717, 1.165) is 11.3 Å². The molecule has 26 heavy (non-hydrogen) atoms. The van der Waals surface area contributed by atoms with Crippen LogP contribution in [0.3, 0.4) is 0 Å². The normalized spacial score (nSPS) is 15.3. The van der Waals surface area contributed by atoms with Crippen LogP contribution in [-0.2, 0) is 11.2 Å². The van der Waals surface area contributed by atoms with Crippen molar-refractivity contribution in [1.82, 2.24) is 24.5 Å². The molecular weight excluding hydrogens is 402 g/mol. The number of amides is 1. The zero-order valence-corrected chi connectivity index (χ0v) is 16.9. The van der Waals surface area contributed by atoms with Gasteiger partial charge >= 0.3 is 6.09 Å². The van der Waals surface area contributed by atoms with E-state index < -0.39 is 5.60 Å². The van der Waals surface area contributed by atoms with Crippen molar-refractivity contribution >= 4 is 33.4 Å². The van der Waals surface area contributed by atoms with Crippen LogP contribution in [0.5, 0.6) is 0 Å². The Morgan fingerprint density at radius 3 is 2.73 bits per heavy atom. The van der Waals surface area contributed by atoms with Crippen molar-refractivity contribution in [2.45, 2.75) is 46.1 Å². The molecule has 2 aromatic rings. The molecule has 2 aromatic heterocycles. The van der Waals surface area contributed by atoms with Gasteiger partial charge in [0.25, 0.3) is 5.56 Å². The quantitative estimate of drug-likeness (QED) is 0.801. The summed E-state index contributed by atoms with van der Waals surface area (Å²) < 4.78 is 7.03. The van der Waals surface area contributed by atoms with Crippen molar-refractivity contribution in [2.75, 3.05) is 13.1 Å². The van der Waals surface area contributed by atoms with Crippen LogP contribution in [0.2, 0.25) is 0 Å². The monoisotopic (exact) mass is 423 g/mol. The molecule has 8 nitrogen and oxygen atoms in total. The lowest BCUT2D eigenvalue weighted by molar-refractivity contribution is 0.0270. The Morgan fingerprint density at radius 1 is 1.42 bits per heavy atom. The van der Waals surface area contributed by atoms with Crippen LogP contribution < -0.4 is 5.56 Å². The highest BCUT2D eigenvalue weighted by atomic mass is 79.9. The number of halogens is 1. The fraction of sp³-hybridized carbons (Fsp3) is 0.529. The predicted octanol–water partition coefficient (Wildman–Crippen LogP) is 2.77. The molecule has 0 radical (unpaired) electrons. The number of carbonyl (C=O) groups is 1. The Morgan fingerprint density at radius 2 is 2.15 bits per heavy atom. The minimum absolute atomic E-state index is 0.203. The van der Waals surface area contributed by atoms with Gasteiger partial charge in [0.1, 0.15) is 5.60 Å². The van der Waals surface area contributed by atoms with Gasteiger partial charge in [-0.25, -0.2) is 4.79 Å². The van der Waals surface area contributed by atoms with E-state index in [-0.39, 0.29) is 11.7 Å². The highest BCUT2D eigenvalue weighted by Crippen LogP contribution is 2.24. The Kier molecular flexibility index (Phi) is 4.92. The summed E-state index contributed by atoms with van der Waals surface area (Å²) in [6.07, 6.45) is 2.82. The van der Waals surface area contributed by atoms with Crippen LogP contribution in [0.1, 0.15) is 45.4 Å². The van der Waals surface area contributed by atoms with Crippen LogP contribution in [0.25, 0.3) is 11.4 Å². The lowest BCUT2D eigenvalue weighted by Crippen LogP contribution is -2.39.